The minimum absolute atomic E-state index is 0. The second-order valence-electron chi connectivity index (χ2n) is 22.2. The van der Waals surface area contributed by atoms with Gasteiger partial charge < -0.3 is 86.7 Å². The van der Waals surface area contributed by atoms with Crippen molar-refractivity contribution in [3.05, 3.63) is 21.8 Å². The van der Waals surface area contributed by atoms with Crippen LogP contribution in [-0.2, 0) is 19.5 Å². The molecule has 4 aromatic carbocycles. The Bertz CT molecular complexity index is 4890. The minimum Gasteiger partial charge on any atom is -0.479 e. The molecule has 2 aliphatic heterocycles. The predicted octanol–water partition coefficient (Wildman–Crippen LogP) is 18.0. The first-order valence-corrected chi connectivity index (χ1v) is 30.0. The Morgan fingerprint density at radius 1 is 0.228 bits per heavy atom. The van der Waals surface area contributed by atoms with Gasteiger partial charge in [-0.05, 0) is 45.5 Å². The molecule has 0 spiro atoms. The van der Waals surface area contributed by atoms with Gasteiger partial charge in [0, 0.05) is 36.9 Å². The van der Waals surface area contributed by atoms with E-state index < -0.39 is 312 Å². The fraction of sp³-hybridized carbons (Fsp3) is 0.429. The summed E-state index contributed by atoms with van der Waals surface area (Å²) in [5, 5.41) is -5.99. The van der Waals surface area contributed by atoms with Crippen molar-refractivity contribution in [1.82, 2.24) is 39.9 Å². The summed E-state index contributed by atoms with van der Waals surface area (Å²) in [6, 6.07) is 2.62. The maximum Gasteiger partial charge on any atom is 2.00 e. The first-order valence-electron chi connectivity index (χ1n) is 29.0. The molecule has 7 aromatic rings. The van der Waals surface area contributed by atoms with E-state index in [4.69, 9.17) is 18.9 Å². The molecule has 0 saturated heterocycles. The zero-order valence-corrected chi connectivity index (χ0v) is 59.0. The van der Waals surface area contributed by atoms with Crippen LogP contribution in [0, 0.1) is 3.57 Å². The third-order valence-electron chi connectivity index (χ3n) is 13.0. The van der Waals surface area contributed by atoms with Gasteiger partial charge in [-0.1, -0.05) is 6.07 Å². The molecule has 0 aliphatic carbocycles. The van der Waals surface area contributed by atoms with Crippen LogP contribution in [0.2, 0.25) is 0 Å². The van der Waals surface area contributed by atoms with Crippen LogP contribution in [0.15, 0.2) is 18.2 Å². The summed E-state index contributed by atoms with van der Waals surface area (Å²) < 4.78 is 576. The van der Waals surface area contributed by atoms with E-state index in [1.54, 1.807) is 0 Å². The summed E-state index contributed by atoms with van der Waals surface area (Å²) in [6.45, 7) is -36.9. The Morgan fingerprint density at radius 2 is 0.404 bits per heavy atom. The molecule has 0 saturated carbocycles. The number of aromatic nitrogens is 8. The van der Waals surface area contributed by atoms with Crippen molar-refractivity contribution in [3.63, 3.8) is 0 Å². The second kappa shape index (κ2) is 32.0. The quantitative estimate of drug-likeness (QED) is 0.0312. The molecular formula is C56H27F36IN8O12Zn. The number of benzene rings is 4. The monoisotopic (exact) mass is 1880 g/mol. The molecule has 0 atom stereocenters. The van der Waals surface area contributed by atoms with E-state index in [0.717, 1.165) is 18.2 Å². The molecule has 0 amide bonds. The van der Waals surface area contributed by atoms with Gasteiger partial charge in [-0.3, -0.25) is 0 Å². The van der Waals surface area contributed by atoms with Gasteiger partial charge in [0.05, 0.1) is 45.6 Å². The molecule has 0 fully saturated rings. The van der Waals surface area contributed by atoms with Crippen molar-refractivity contribution in [2.24, 2.45) is 0 Å². The number of alkyl halides is 36. The summed E-state index contributed by atoms with van der Waals surface area (Å²) in [5.41, 5.74) is -15.0. The second-order valence-corrected chi connectivity index (χ2v) is 23.5. The summed E-state index contributed by atoms with van der Waals surface area (Å²) in [6.07, 6.45) is -71.7. The van der Waals surface area contributed by atoms with Crippen LogP contribution in [0.25, 0.3) is 89.7 Å². The number of nitrogens with zero attached hydrogens (tertiary/aromatic N) is 8. The average Bonchev–Trinajstić information content (AvgIpc) is 1.55. The molecule has 0 unspecified atom stereocenters. The molecule has 58 heteroatoms. The first kappa shape index (κ1) is 90.2. The third-order valence-corrected chi connectivity index (χ3v) is 13.7. The molecule has 20 nitrogen and oxygen atoms in total. The van der Waals surface area contributed by atoms with E-state index in [0.29, 0.717) is 0 Å². The molecule has 114 heavy (non-hydrogen) atoms. The van der Waals surface area contributed by atoms with E-state index in [1.165, 1.54) is 22.6 Å². The van der Waals surface area contributed by atoms with Crippen molar-refractivity contribution in [1.29, 1.82) is 0 Å². The van der Waals surface area contributed by atoms with Crippen LogP contribution in [0.1, 0.15) is 0 Å². The van der Waals surface area contributed by atoms with Gasteiger partial charge in [0.2, 0.25) is 34.5 Å². The van der Waals surface area contributed by atoms with Gasteiger partial charge in [-0.25, -0.2) is 9.97 Å². The van der Waals surface area contributed by atoms with Crippen LogP contribution in [0.4, 0.5) is 158 Å². The van der Waals surface area contributed by atoms with Crippen LogP contribution in [0.5, 0.6) is 69.0 Å². The molecule has 0 radical (unpaired) electrons. The van der Waals surface area contributed by atoms with Crippen molar-refractivity contribution in [3.8, 4) is 115 Å². The summed E-state index contributed by atoms with van der Waals surface area (Å²) >= 11 is 1.42. The van der Waals surface area contributed by atoms with Gasteiger partial charge in [0.15, 0.2) is 114 Å². The maximum atomic E-state index is 14.7. The first-order chi connectivity index (χ1) is 51.4. The van der Waals surface area contributed by atoms with Crippen LogP contribution >= 0.6 is 22.6 Å². The minimum atomic E-state index is -6.08. The standard InChI is InChI=1S/C56H27F36IN8O12.Zn/c57-45(58,59)4-102-25-19-21(27(104-6-47(63,64)65)33(110-12-53(81,82)83)31(25)108-10-51(75,76)77)41-97-39(19)95-37-17-2-1-16(93)3-18(17)38(94-37)96-40-20-22(28(105-7-48(66,67)68)34(111-13-54(84,85)86)32(109-11-52(78,79)80)26(20)103-5-46(60,61)62)42(98-40)100-44-24-23(43(99-41)101-44)29(106-8-49(69,70)71)35(112-14-55(87,88)89)36(113-15-56(90,91)92)30(24)107-9-50(72,73)74;/h1-3H,4-15H2;/q-2;+2. The number of rotatable bonds is 24. The van der Waals surface area contributed by atoms with Crippen LogP contribution in [0.3, 0.4) is 0 Å². The van der Waals surface area contributed by atoms with Crippen molar-refractivity contribution >= 4 is 66.7 Å². The molecule has 2 aliphatic rings. The Hall–Kier alpha value is -9.33. The van der Waals surface area contributed by atoms with Gasteiger partial charge in [-0.15, -0.1) is 0 Å². The SMILES string of the molecule is FC(F)(F)COc1c(OCC(F)(F)F)c(OCC(F)(F)F)c2c(c1OCC(F)(F)F)-c1nc-2nc2[n-]c(nc3nc(nc4[n-]c(n1)c1ccc(I)cc41)-c1c(OCC(F)(F)F)c(OCC(F)(F)F)c(OCC(F)(F)F)c(OCC(F)(F)F)c1-3)c1c(OCC(F)(F)F)c(OCC(F)(F)F)c(OCC(F)(F)F)c(OCC(F)(F)F)c21.[Zn+2]. The third kappa shape index (κ3) is 23.7. The summed E-state index contributed by atoms with van der Waals surface area (Å²) in [4.78, 5) is 30.3. The van der Waals surface area contributed by atoms with E-state index in [2.05, 4.69) is 77.8 Å². The Morgan fingerprint density at radius 3 is 0.623 bits per heavy atom. The van der Waals surface area contributed by atoms with E-state index in [-0.39, 0.29) is 23.0 Å². The fourth-order valence-corrected chi connectivity index (χ4v) is 10.0. The van der Waals surface area contributed by atoms with Gasteiger partial charge >= 0.3 is 93.6 Å². The molecule has 3 aromatic heterocycles. The largest absolute Gasteiger partial charge is 2.00 e. The number of ether oxygens (including phenoxy) is 12. The molecule has 5 heterocycles. The van der Waals surface area contributed by atoms with Crippen LogP contribution in [-0.4, -0.2) is 183 Å². The molecule has 624 valence electrons. The smallest absolute Gasteiger partial charge is 0.479 e. The van der Waals surface area contributed by atoms with Crippen molar-refractivity contribution in [2.45, 2.75) is 74.1 Å². The Balaban J connectivity index is 0.0000163. The number of hydrogen-bond acceptors (Lipinski definition) is 18. The zero-order chi connectivity index (χ0) is 84.5. The van der Waals surface area contributed by atoms with Gasteiger partial charge in [-0.2, -0.15) is 158 Å². The zero-order valence-electron chi connectivity index (χ0n) is 53.9. The van der Waals surface area contributed by atoms with Crippen molar-refractivity contribution < 1.29 is 234 Å². The maximum absolute atomic E-state index is 14.7. The number of hydrogen-bond donors (Lipinski definition) is 0. The summed E-state index contributed by atoms with van der Waals surface area (Å²) in [7, 11) is 0. The van der Waals surface area contributed by atoms with Crippen LogP contribution < -0.4 is 66.8 Å². The number of halogens is 37. The molecule has 0 N–H and O–H groups in total. The van der Waals surface area contributed by atoms with E-state index in [9.17, 15) is 158 Å². The topological polar surface area (TPSA) is 216 Å². The van der Waals surface area contributed by atoms with E-state index in [1.807, 2.05) is 0 Å². The molecular weight excluding hydrogens is 1850 g/mol. The summed E-state index contributed by atoms with van der Waals surface area (Å²) in [5.74, 6) is -36.9. The van der Waals surface area contributed by atoms with Gasteiger partial charge in [0.1, 0.15) is 0 Å². The number of fused-ring (bicyclic) bond motifs is 20. The van der Waals surface area contributed by atoms with Crippen molar-refractivity contribution in [2.75, 3.05) is 79.3 Å². The Labute approximate surface area is 628 Å². The predicted molar refractivity (Wildman–Crippen MR) is 305 cm³/mol. The molecule has 8 bridgehead atoms. The fourth-order valence-electron chi connectivity index (χ4n) is 9.53. The normalized spacial score (nSPS) is 13.5. The molecule has 9 rings (SSSR count). The van der Waals surface area contributed by atoms with E-state index >= 15 is 0 Å². The average molecular weight is 1880 g/mol. The Kier molecular flexibility index (Phi) is 25.4. The van der Waals surface area contributed by atoms with Gasteiger partial charge in [0.25, 0.3) is 0 Å².